The van der Waals surface area contributed by atoms with E-state index in [9.17, 15) is 19.8 Å². The lowest BCUT2D eigenvalue weighted by Gasteiger charge is -2.27. The Hall–Kier alpha value is -3.03. The van der Waals surface area contributed by atoms with Crippen LogP contribution in [-0.2, 0) is 17.7 Å². The second-order valence-electron chi connectivity index (χ2n) is 6.71. The lowest BCUT2D eigenvalue weighted by atomic mass is 9.97. The zero-order valence-corrected chi connectivity index (χ0v) is 15.5. The normalized spacial score (nSPS) is 13.6. The third kappa shape index (κ3) is 3.47. The van der Waals surface area contributed by atoms with Crippen LogP contribution in [0.2, 0.25) is 0 Å². The van der Waals surface area contributed by atoms with Gasteiger partial charge in [0.05, 0.1) is 18.7 Å². The largest absolute Gasteiger partial charge is 0.508 e. The highest BCUT2D eigenvalue weighted by molar-refractivity contribution is 5.98. The van der Waals surface area contributed by atoms with Crippen LogP contribution in [0.4, 0.5) is 0 Å². The van der Waals surface area contributed by atoms with E-state index in [0.29, 0.717) is 29.9 Å². The summed E-state index contributed by atoms with van der Waals surface area (Å²) in [5.41, 5.74) is 1.28. The molecule has 0 saturated heterocycles. The van der Waals surface area contributed by atoms with Crippen LogP contribution in [0.1, 0.15) is 64.4 Å². The van der Waals surface area contributed by atoms with Crippen LogP contribution in [0.5, 0.6) is 11.5 Å². The predicted octanol–water partition coefficient (Wildman–Crippen LogP) is 2.58. The number of aromatic nitrogens is 1. The molecule has 144 valence electrons. The summed E-state index contributed by atoms with van der Waals surface area (Å²) in [5, 5.41) is 23.9. The third-order valence-electron chi connectivity index (χ3n) is 4.58. The summed E-state index contributed by atoms with van der Waals surface area (Å²) < 4.78 is 10.2. The lowest BCUT2D eigenvalue weighted by molar-refractivity contribution is 0.0510. The predicted molar refractivity (Wildman–Crippen MR) is 94.8 cm³/mol. The number of hydrogen-bond acceptors (Lipinski definition) is 7. The molecule has 1 aromatic carbocycles. The van der Waals surface area contributed by atoms with E-state index < -0.39 is 11.9 Å². The number of esters is 1. The maximum atomic E-state index is 13.0. The zero-order chi connectivity index (χ0) is 19.7. The van der Waals surface area contributed by atoms with E-state index in [2.05, 4.69) is 5.16 Å². The number of carbonyl (C=O) groups excluding carboxylic acids is 2. The molecule has 2 heterocycles. The van der Waals surface area contributed by atoms with Gasteiger partial charge in [-0.1, -0.05) is 19.0 Å². The van der Waals surface area contributed by atoms with Crippen LogP contribution in [-0.4, -0.2) is 45.3 Å². The first-order valence-corrected chi connectivity index (χ1v) is 8.83. The molecule has 8 nitrogen and oxygen atoms in total. The molecule has 1 aliphatic heterocycles. The summed E-state index contributed by atoms with van der Waals surface area (Å²) in [6, 6.07) is 2.69. The summed E-state index contributed by atoms with van der Waals surface area (Å²) >= 11 is 0. The molecule has 0 radical (unpaired) electrons. The van der Waals surface area contributed by atoms with Gasteiger partial charge in [0, 0.05) is 24.6 Å². The van der Waals surface area contributed by atoms with Gasteiger partial charge < -0.3 is 24.4 Å². The monoisotopic (exact) mass is 374 g/mol. The van der Waals surface area contributed by atoms with Crippen LogP contribution in [0.25, 0.3) is 0 Å². The Balaban J connectivity index is 1.89. The third-order valence-corrected chi connectivity index (χ3v) is 4.58. The van der Waals surface area contributed by atoms with Gasteiger partial charge in [0.2, 0.25) is 0 Å². The SMILES string of the molecule is CCOC(=O)c1noc2c1CN(C(=O)c1cc(C(C)C)c(O)cc1O)CC2. The van der Waals surface area contributed by atoms with Crippen LogP contribution < -0.4 is 0 Å². The van der Waals surface area contributed by atoms with Crippen molar-refractivity contribution in [1.29, 1.82) is 0 Å². The first kappa shape index (κ1) is 18.8. The molecule has 2 aromatic rings. The Morgan fingerprint density at radius 2 is 2.04 bits per heavy atom. The average Bonchev–Trinajstić information content (AvgIpc) is 3.04. The molecule has 1 aliphatic rings. The van der Waals surface area contributed by atoms with Gasteiger partial charge in [-0.05, 0) is 24.5 Å². The molecule has 0 unspecified atom stereocenters. The number of phenols is 2. The van der Waals surface area contributed by atoms with Crippen molar-refractivity contribution in [2.45, 2.75) is 39.7 Å². The first-order valence-electron chi connectivity index (χ1n) is 8.83. The number of nitrogens with zero attached hydrogens (tertiary/aromatic N) is 2. The number of rotatable bonds is 4. The van der Waals surface area contributed by atoms with Crippen molar-refractivity contribution in [3.63, 3.8) is 0 Å². The number of fused-ring (bicyclic) bond motifs is 1. The summed E-state index contributed by atoms with van der Waals surface area (Å²) in [7, 11) is 0. The maximum absolute atomic E-state index is 13.0. The van der Waals surface area contributed by atoms with Gasteiger partial charge in [0.1, 0.15) is 17.3 Å². The van der Waals surface area contributed by atoms with Gasteiger partial charge >= 0.3 is 5.97 Å². The van der Waals surface area contributed by atoms with Gasteiger partial charge in [-0.25, -0.2) is 4.79 Å². The Bertz CT molecular complexity index is 887. The quantitative estimate of drug-likeness (QED) is 0.791. The molecule has 8 heteroatoms. The van der Waals surface area contributed by atoms with Crippen LogP contribution in [0.3, 0.4) is 0 Å². The van der Waals surface area contributed by atoms with Crippen LogP contribution >= 0.6 is 0 Å². The Morgan fingerprint density at radius 3 is 2.70 bits per heavy atom. The summed E-state index contributed by atoms with van der Waals surface area (Å²) in [6.07, 6.45) is 0.406. The number of hydrogen-bond donors (Lipinski definition) is 2. The first-order chi connectivity index (χ1) is 12.8. The van der Waals surface area contributed by atoms with Crippen molar-refractivity contribution in [3.8, 4) is 11.5 Å². The summed E-state index contributed by atoms with van der Waals surface area (Å²) in [5.74, 6) is -0.784. The fourth-order valence-electron chi connectivity index (χ4n) is 3.14. The number of phenolic OH excluding ortho intramolecular Hbond substituents is 2. The molecule has 27 heavy (non-hydrogen) atoms. The van der Waals surface area contributed by atoms with E-state index >= 15 is 0 Å². The average molecular weight is 374 g/mol. The highest BCUT2D eigenvalue weighted by Crippen LogP contribution is 2.34. The Kier molecular flexibility index (Phi) is 5.07. The van der Waals surface area contributed by atoms with Crippen molar-refractivity contribution < 1.29 is 29.1 Å². The van der Waals surface area contributed by atoms with Crippen molar-refractivity contribution in [2.75, 3.05) is 13.2 Å². The topological polar surface area (TPSA) is 113 Å². The number of ether oxygens (including phenoxy) is 1. The summed E-state index contributed by atoms with van der Waals surface area (Å²) in [6.45, 7) is 6.17. The maximum Gasteiger partial charge on any atom is 0.360 e. The molecule has 3 rings (SSSR count). The molecule has 0 atom stereocenters. The van der Waals surface area contributed by atoms with E-state index in [4.69, 9.17) is 9.26 Å². The van der Waals surface area contributed by atoms with E-state index in [0.717, 1.165) is 0 Å². The molecule has 1 amide bonds. The van der Waals surface area contributed by atoms with E-state index in [-0.39, 0.29) is 41.8 Å². The second-order valence-corrected chi connectivity index (χ2v) is 6.71. The molecule has 1 aromatic heterocycles. The number of amides is 1. The molecule has 0 saturated carbocycles. The van der Waals surface area contributed by atoms with E-state index in [1.54, 1.807) is 6.92 Å². The summed E-state index contributed by atoms with van der Waals surface area (Å²) in [4.78, 5) is 26.5. The molecule has 0 bridgehead atoms. The van der Waals surface area contributed by atoms with Gasteiger partial charge in [-0.15, -0.1) is 0 Å². The van der Waals surface area contributed by atoms with Crippen molar-refractivity contribution in [3.05, 3.63) is 40.3 Å². The van der Waals surface area contributed by atoms with Gasteiger partial charge in [0.25, 0.3) is 5.91 Å². The Labute approximate surface area is 156 Å². The highest BCUT2D eigenvalue weighted by atomic mass is 16.5. The minimum Gasteiger partial charge on any atom is -0.508 e. The van der Waals surface area contributed by atoms with Crippen LogP contribution in [0.15, 0.2) is 16.7 Å². The molecule has 0 spiro atoms. The van der Waals surface area contributed by atoms with Crippen LogP contribution in [0, 0.1) is 0 Å². The van der Waals surface area contributed by atoms with Gasteiger partial charge in [-0.2, -0.15) is 0 Å². The fourth-order valence-corrected chi connectivity index (χ4v) is 3.14. The minimum absolute atomic E-state index is 0.0152. The van der Waals surface area contributed by atoms with Crippen molar-refractivity contribution in [1.82, 2.24) is 10.1 Å². The molecular weight excluding hydrogens is 352 g/mol. The van der Waals surface area contributed by atoms with E-state index in [1.165, 1.54) is 17.0 Å². The van der Waals surface area contributed by atoms with Gasteiger partial charge in [-0.3, -0.25) is 4.79 Å². The van der Waals surface area contributed by atoms with E-state index in [1.807, 2.05) is 13.8 Å². The molecular formula is C19H22N2O6. The number of benzene rings is 1. The van der Waals surface area contributed by atoms with Crippen molar-refractivity contribution in [2.24, 2.45) is 0 Å². The van der Waals surface area contributed by atoms with Crippen molar-refractivity contribution >= 4 is 11.9 Å². The molecule has 0 aliphatic carbocycles. The lowest BCUT2D eigenvalue weighted by Crippen LogP contribution is -2.36. The molecule has 0 fully saturated rings. The highest BCUT2D eigenvalue weighted by Gasteiger charge is 2.31. The number of carbonyl (C=O) groups is 2. The smallest absolute Gasteiger partial charge is 0.360 e. The zero-order valence-electron chi connectivity index (χ0n) is 15.5. The van der Waals surface area contributed by atoms with Gasteiger partial charge in [0.15, 0.2) is 5.69 Å². The number of aromatic hydroxyl groups is 2. The fraction of sp³-hybridized carbons (Fsp3) is 0.421. The second kappa shape index (κ2) is 7.30. The standard InChI is InChI=1S/C19H22N2O6/c1-4-26-19(25)17-13-9-21(6-5-16(13)27-20-17)18(24)12-7-11(10(2)3)14(22)8-15(12)23/h7-8,10,22-23H,4-6,9H2,1-3H3. The molecule has 2 N–H and O–H groups in total. The minimum atomic E-state index is -0.591. The Morgan fingerprint density at radius 1 is 1.30 bits per heavy atom.